The zero-order valence-corrected chi connectivity index (χ0v) is 16.9. The highest BCUT2D eigenvalue weighted by atomic mass is 35.5. The molecule has 1 saturated heterocycles. The summed E-state index contributed by atoms with van der Waals surface area (Å²) in [5.74, 6) is 1.51. The van der Waals surface area contributed by atoms with Crippen LogP contribution in [0.5, 0.6) is 11.5 Å². The van der Waals surface area contributed by atoms with Gasteiger partial charge in [0, 0.05) is 41.2 Å². The predicted molar refractivity (Wildman–Crippen MR) is 113 cm³/mol. The van der Waals surface area contributed by atoms with Crippen molar-refractivity contribution in [1.29, 1.82) is 0 Å². The van der Waals surface area contributed by atoms with Crippen LogP contribution < -0.4 is 9.47 Å². The number of likely N-dealkylation sites (tertiary alicyclic amines) is 1. The van der Waals surface area contributed by atoms with Crippen LogP contribution in [-0.4, -0.2) is 41.0 Å². The lowest BCUT2D eigenvalue weighted by atomic mass is 10.0. The van der Waals surface area contributed by atoms with E-state index in [1.54, 1.807) is 0 Å². The monoisotopic (exact) mass is 410 g/mol. The summed E-state index contributed by atoms with van der Waals surface area (Å²) in [7, 11) is 0. The molecule has 0 radical (unpaired) electrons. The number of hydrogen-bond acceptors (Lipinski definition) is 5. The van der Waals surface area contributed by atoms with Gasteiger partial charge < -0.3 is 14.6 Å². The van der Waals surface area contributed by atoms with Gasteiger partial charge in [0.2, 0.25) is 6.79 Å². The average Bonchev–Trinajstić information content (AvgIpc) is 3.36. The number of aliphatic hydroxyl groups excluding tert-OH is 1. The largest absolute Gasteiger partial charge is 0.454 e. The zero-order chi connectivity index (χ0) is 19.8. The van der Waals surface area contributed by atoms with E-state index in [9.17, 15) is 5.11 Å². The summed E-state index contributed by atoms with van der Waals surface area (Å²) in [5.41, 5.74) is 4.06. The van der Waals surface area contributed by atoms with Crippen LogP contribution in [0, 0.1) is 0 Å². The number of ether oxygens (including phenoxy) is 2. The third-order valence-corrected chi connectivity index (χ3v) is 6.09. The highest BCUT2D eigenvalue weighted by Gasteiger charge is 2.25. The van der Waals surface area contributed by atoms with Gasteiger partial charge in [0.15, 0.2) is 11.5 Å². The Morgan fingerprint density at radius 2 is 1.90 bits per heavy atom. The molecule has 150 valence electrons. The predicted octanol–water partition coefficient (Wildman–Crippen LogP) is 4.63. The Balaban J connectivity index is 1.60. The average molecular weight is 411 g/mol. The smallest absolute Gasteiger partial charge is 0.231 e. The van der Waals surface area contributed by atoms with Crippen molar-refractivity contribution in [3.8, 4) is 22.8 Å². The summed E-state index contributed by atoms with van der Waals surface area (Å²) in [6.07, 6.45) is 3.12. The number of nitrogens with zero attached hydrogens (tertiary/aromatic N) is 2. The molecule has 3 heterocycles. The third kappa shape index (κ3) is 3.66. The second kappa shape index (κ2) is 7.82. The van der Waals surface area contributed by atoms with Crippen molar-refractivity contribution in [2.24, 2.45) is 0 Å². The number of benzene rings is 2. The molecular weight excluding hydrogens is 388 g/mol. The second-order valence-corrected chi connectivity index (χ2v) is 8.12. The van der Waals surface area contributed by atoms with Gasteiger partial charge in [-0.3, -0.25) is 4.90 Å². The summed E-state index contributed by atoms with van der Waals surface area (Å²) in [5, 5.41) is 11.2. The minimum atomic E-state index is 0.227. The molecule has 2 aliphatic heterocycles. The molecule has 1 N–H and O–H groups in total. The highest BCUT2D eigenvalue weighted by Crippen LogP contribution is 2.38. The molecule has 0 saturated carbocycles. The van der Waals surface area contributed by atoms with Crippen LogP contribution in [0.1, 0.15) is 24.8 Å². The van der Waals surface area contributed by atoms with E-state index in [1.165, 1.54) is 12.0 Å². The second-order valence-electron chi connectivity index (χ2n) is 7.68. The summed E-state index contributed by atoms with van der Waals surface area (Å²) in [6.45, 7) is 2.33. The Bertz CT molecular complexity index is 1040. The standard InChI is InChI=1S/C23H23ClN2O3/c24-18-5-3-15(4-6-18)23-17(13-26-8-1-2-19(26)7-9-27)10-16-11-21-22(29-14-28-21)12-20(16)25-23/h3-6,10-12,19,27H,1-2,7-9,13-14H2/t19-/m0/s1. The molecule has 0 amide bonds. The third-order valence-electron chi connectivity index (χ3n) is 5.84. The van der Waals surface area contributed by atoms with Gasteiger partial charge in [-0.2, -0.15) is 0 Å². The van der Waals surface area contributed by atoms with E-state index in [2.05, 4.69) is 11.0 Å². The first kappa shape index (κ1) is 18.7. The summed E-state index contributed by atoms with van der Waals surface area (Å²) >= 11 is 6.11. The summed E-state index contributed by atoms with van der Waals surface area (Å²) < 4.78 is 11.1. The Kier molecular flexibility index (Phi) is 5.04. The van der Waals surface area contributed by atoms with Crippen molar-refractivity contribution in [3.05, 3.63) is 53.1 Å². The Hall–Kier alpha value is -2.34. The molecule has 29 heavy (non-hydrogen) atoms. The van der Waals surface area contributed by atoms with E-state index < -0.39 is 0 Å². The summed E-state index contributed by atoms with van der Waals surface area (Å²) in [6, 6.07) is 14.4. The fourth-order valence-corrected chi connectivity index (χ4v) is 4.51. The van der Waals surface area contributed by atoms with Crippen LogP contribution in [0.15, 0.2) is 42.5 Å². The van der Waals surface area contributed by atoms with Crippen LogP contribution in [0.4, 0.5) is 0 Å². The molecule has 2 aliphatic rings. The van der Waals surface area contributed by atoms with Gasteiger partial charge >= 0.3 is 0 Å². The van der Waals surface area contributed by atoms with Gasteiger partial charge in [-0.15, -0.1) is 0 Å². The van der Waals surface area contributed by atoms with E-state index in [-0.39, 0.29) is 13.4 Å². The number of hydrogen-bond donors (Lipinski definition) is 1. The number of rotatable bonds is 5. The Morgan fingerprint density at radius 1 is 1.10 bits per heavy atom. The number of fused-ring (bicyclic) bond motifs is 2. The molecule has 3 aromatic rings. The maximum Gasteiger partial charge on any atom is 0.231 e. The minimum absolute atomic E-state index is 0.227. The van der Waals surface area contributed by atoms with Crippen molar-refractivity contribution in [2.45, 2.75) is 31.8 Å². The molecule has 1 fully saturated rings. The highest BCUT2D eigenvalue weighted by molar-refractivity contribution is 6.30. The topological polar surface area (TPSA) is 54.8 Å². The molecule has 6 heteroatoms. The van der Waals surface area contributed by atoms with Crippen molar-refractivity contribution < 1.29 is 14.6 Å². The van der Waals surface area contributed by atoms with Gasteiger partial charge in [-0.05, 0) is 55.6 Å². The number of aromatic nitrogens is 1. The van der Waals surface area contributed by atoms with E-state index in [4.69, 9.17) is 26.1 Å². The van der Waals surface area contributed by atoms with Crippen LogP contribution in [-0.2, 0) is 6.54 Å². The lowest BCUT2D eigenvalue weighted by Crippen LogP contribution is -2.30. The lowest BCUT2D eigenvalue weighted by molar-refractivity contribution is 0.174. The summed E-state index contributed by atoms with van der Waals surface area (Å²) in [4.78, 5) is 7.47. The minimum Gasteiger partial charge on any atom is -0.454 e. The quantitative estimate of drug-likeness (QED) is 0.664. The first-order chi connectivity index (χ1) is 14.2. The number of halogens is 1. The fraction of sp³-hybridized carbons (Fsp3) is 0.348. The van der Waals surface area contributed by atoms with Crippen LogP contribution in [0.2, 0.25) is 5.02 Å². The molecule has 1 aromatic heterocycles. The fourth-order valence-electron chi connectivity index (χ4n) is 4.38. The maximum absolute atomic E-state index is 9.42. The van der Waals surface area contributed by atoms with E-state index in [0.717, 1.165) is 59.6 Å². The molecule has 0 bridgehead atoms. The van der Waals surface area contributed by atoms with Crippen LogP contribution >= 0.6 is 11.6 Å². The molecule has 5 nitrogen and oxygen atoms in total. The SMILES string of the molecule is OCC[C@@H]1CCCN1Cc1cc2cc3c(cc2nc1-c1ccc(Cl)cc1)OCO3. The van der Waals surface area contributed by atoms with Gasteiger partial charge in [0.05, 0.1) is 11.2 Å². The maximum atomic E-state index is 9.42. The normalized spacial score (nSPS) is 18.6. The molecule has 0 spiro atoms. The Morgan fingerprint density at radius 3 is 2.69 bits per heavy atom. The molecule has 2 aromatic carbocycles. The first-order valence-electron chi connectivity index (χ1n) is 10.1. The van der Waals surface area contributed by atoms with Crippen molar-refractivity contribution in [1.82, 2.24) is 9.88 Å². The Labute approximate surface area is 174 Å². The van der Waals surface area contributed by atoms with Gasteiger partial charge in [-0.1, -0.05) is 23.7 Å². The van der Waals surface area contributed by atoms with Crippen molar-refractivity contribution in [3.63, 3.8) is 0 Å². The zero-order valence-electron chi connectivity index (χ0n) is 16.1. The van der Waals surface area contributed by atoms with E-state index in [1.807, 2.05) is 36.4 Å². The molecule has 0 aliphatic carbocycles. The van der Waals surface area contributed by atoms with Gasteiger partial charge in [0.1, 0.15) is 0 Å². The van der Waals surface area contributed by atoms with Crippen molar-refractivity contribution in [2.75, 3.05) is 19.9 Å². The number of aliphatic hydroxyl groups is 1. The lowest BCUT2D eigenvalue weighted by Gasteiger charge is -2.25. The number of pyridine rings is 1. The van der Waals surface area contributed by atoms with Crippen LogP contribution in [0.3, 0.4) is 0 Å². The molecule has 5 rings (SSSR count). The molecule has 1 atom stereocenters. The first-order valence-corrected chi connectivity index (χ1v) is 10.4. The van der Waals surface area contributed by atoms with Crippen LogP contribution in [0.25, 0.3) is 22.2 Å². The van der Waals surface area contributed by atoms with Crippen molar-refractivity contribution >= 4 is 22.5 Å². The van der Waals surface area contributed by atoms with Gasteiger partial charge in [-0.25, -0.2) is 4.98 Å². The van der Waals surface area contributed by atoms with Gasteiger partial charge in [0.25, 0.3) is 0 Å². The molecular formula is C23H23ClN2O3. The van der Waals surface area contributed by atoms with E-state index in [0.29, 0.717) is 11.1 Å². The molecule has 0 unspecified atom stereocenters. The van der Waals surface area contributed by atoms with E-state index >= 15 is 0 Å².